The highest BCUT2D eigenvalue weighted by Gasteiger charge is 2.29. The molecule has 100 valence electrons. The molecular formula is C13H19ClN2O2. The summed E-state index contributed by atoms with van der Waals surface area (Å²) in [7, 11) is 2.07. The zero-order valence-electron chi connectivity index (χ0n) is 10.5. The van der Waals surface area contributed by atoms with E-state index in [0.717, 1.165) is 31.7 Å². The van der Waals surface area contributed by atoms with Gasteiger partial charge in [0.25, 0.3) is 0 Å². The van der Waals surface area contributed by atoms with Crippen LogP contribution in [0.2, 0.25) is 0 Å². The van der Waals surface area contributed by atoms with E-state index < -0.39 is 12.0 Å². The Bertz CT molecular complexity index is 378. The van der Waals surface area contributed by atoms with E-state index in [2.05, 4.69) is 11.9 Å². The molecule has 1 aromatic carbocycles. The highest BCUT2D eigenvalue weighted by atomic mass is 35.5. The van der Waals surface area contributed by atoms with E-state index in [1.807, 2.05) is 35.2 Å². The maximum absolute atomic E-state index is 11.4. The zero-order chi connectivity index (χ0) is 12.3. The van der Waals surface area contributed by atoms with E-state index in [-0.39, 0.29) is 12.4 Å². The van der Waals surface area contributed by atoms with Gasteiger partial charge in [-0.2, -0.15) is 0 Å². The fourth-order valence-corrected chi connectivity index (χ4v) is 2.23. The summed E-state index contributed by atoms with van der Waals surface area (Å²) in [6.45, 7) is 3.47. The molecule has 1 unspecified atom stereocenters. The maximum Gasteiger partial charge on any atom is 0.325 e. The van der Waals surface area contributed by atoms with Crippen molar-refractivity contribution in [3.8, 4) is 0 Å². The van der Waals surface area contributed by atoms with Crippen LogP contribution in [-0.4, -0.2) is 54.1 Å². The summed E-state index contributed by atoms with van der Waals surface area (Å²) < 4.78 is 0. The van der Waals surface area contributed by atoms with Crippen LogP contribution in [0.5, 0.6) is 0 Å². The van der Waals surface area contributed by atoms with Crippen molar-refractivity contribution in [3.05, 3.63) is 35.9 Å². The molecule has 2 rings (SSSR count). The van der Waals surface area contributed by atoms with Gasteiger partial charge in [-0.15, -0.1) is 12.4 Å². The second-order valence-corrected chi connectivity index (χ2v) is 4.49. The molecule has 1 aliphatic rings. The molecule has 0 bridgehead atoms. The number of benzene rings is 1. The molecule has 18 heavy (non-hydrogen) atoms. The SMILES string of the molecule is CN1CCN(C(C(=O)O)c2ccccc2)CC1.Cl. The van der Waals surface area contributed by atoms with Crippen LogP contribution in [0.25, 0.3) is 0 Å². The van der Waals surface area contributed by atoms with Crippen LogP contribution in [0.3, 0.4) is 0 Å². The maximum atomic E-state index is 11.4. The first-order chi connectivity index (χ1) is 8.18. The first kappa shape index (κ1) is 15.0. The van der Waals surface area contributed by atoms with Crippen molar-refractivity contribution >= 4 is 18.4 Å². The standard InChI is InChI=1S/C13H18N2O2.ClH/c1-14-7-9-15(10-8-14)12(13(16)17)11-5-3-2-4-6-11;/h2-6,12H,7-10H2,1H3,(H,16,17);1H. The highest BCUT2D eigenvalue weighted by Crippen LogP contribution is 2.21. The number of rotatable bonds is 3. The van der Waals surface area contributed by atoms with Crippen LogP contribution < -0.4 is 0 Å². The molecule has 0 saturated carbocycles. The number of likely N-dealkylation sites (N-methyl/N-ethyl adjacent to an activating group) is 1. The van der Waals surface area contributed by atoms with Gasteiger partial charge in [0, 0.05) is 26.2 Å². The monoisotopic (exact) mass is 270 g/mol. The Kier molecular flexibility index (Phi) is 5.59. The molecule has 4 nitrogen and oxygen atoms in total. The minimum absolute atomic E-state index is 0. The predicted octanol–water partition coefficient (Wildman–Crippen LogP) is 1.48. The molecule has 1 aromatic rings. The largest absolute Gasteiger partial charge is 0.480 e. The Balaban J connectivity index is 0.00000162. The lowest BCUT2D eigenvalue weighted by molar-refractivity contribution is -0.144. The van der Waals surface area contributed by atoms with E-state index in [0.29, 0.717) is 0 Å². The second kappa shape index (κ2) is 6.73. The molecule has 1 aliphatic heterocycles. The van der Waals surface area contributed by atoms with Crippen molar-refractivity contribution in [1.29, 1.82) is 0 Å². The van der Waals surface area contributed by atoms with Crippen LogP contribution >= 0.6 is 12.4 Å². The fraction of sp³-hybridized carbons (Fsp3) is 0.462. The van der Waals surface area contributed by atoms with Gasteiger partial charge in [0.2, 0.25) is 0 Å². The number of carbonyl (C=O) groups is 1. The molecule has 1 heterocycles. The summed E-state index contributed by atoms with van der Waals surface area (Å²) in [6, 6.07) is 8.95. The van der Waals surface area contributed by atoms with Gasteiger partial charge in [0.1, 0.15) is 6.04 Å². The molecular weight excluding hydrogens is 252 g/mol. The van der Waals surface area contributed by atoms with Gasteiger partial charge in [-0.25, -0.2) is 0 Å². The summed E-state index contributed by atoms with van der Waals surface area (Å²) in [6.07, 6.45) is 0. The van der Waals surface area contributed by atoms with Crippen molar-refractivity contribution in [1.82, 2.24) is 9.80 Å². The van der Waals surface area contributed by atoms with Gasteiger partial charge < -0.3 is 10.0 Å². The quantitative estimate of drug-likeness (QED) is 0.904. The molecule has 0 spiro atoms. The zero-order valence-corrected chi connectivity index (χ0v) is 11.3. The van der Waals surface area contributed by atoms with E-state index in [9.17, 15) is 9.90 Å². The van der Waals surface area contributed by atoms with Gasteiger partial charge in [0.05, 0.1) is 0 Å². The number of halogens is 1. The van der Waals surface area contributed by atoms with Crippen LogP contribution in [0.1, 0.15) is 11.6 Å². The molecule has 0 aromatic heterocycles. The van der Waals surface area contributed by atoms with Gasteiger partial charge in [-0.1, -0.05) is 30.3 Å². The summed E-state index contributed by atoms with van der Waals surface area (Å²) in [5.41, 5.74) is 0.865. The third kappa shape index (κ3) is 3.45. The Morgan fingerprint density at radius 2 is 1.72 bits per heavy atom. The smallest absolute Gasteiger partial charge is 0.325 e. The average Bonchev–Trinajstić information content (AvgIpc) is 2.33. The van der Waals surface area contributed by atoms with E-state index in [4.69, 9.17) is 0 Å². The normalized spacial score (nSPS) is 18.9. The first-order valence-electron chi connectivity index (χ1n) is 5.89. The molecule has 1 fully saturated rings. The van der Waals surface area contributed by atoms with Crippen molar-refractivity contribution < 1.29 is 9.90 Å². The number of nitrogens with zero attached hydrogens (tertiary/aromatic N) is 2. The number of carboxylic acids is 1. The van der Waals surface area contributed by atoms with Crippen LogP contribution in [0.4, 0.5) is 0 Å². The first-order valence-corrected chi connectivity index (χ1v) is 5.89. The minimum Gasteiger partial charge on any atom is -0.480 e. The third-order valence-corrected chi connectivity index (χ3v) is 3.25. The molecule has 0 amide bonds. The minimum atomic E-state index is -0.763. The van der Waals surface area contributed by atoms with E-state index in [1.54, 1.807) is 0 Å². The number of aliphatic carboxylic acids is 1. The van der Waals surface area contributed by atoms with E-state index >= 15 is 0 Å². The summed E-state index contributed by atoms with van der Waals surface area (Å²) in [5.74, 6) is -0.763. The van der Waals surface area contributed by atoms with Gasteiger partial charge in [-0.05, 0) is 12.6 Å². The molecule has 1 saturated heterocycles. The van der Waals surface area contributed by atoms with Crippen molar-refractivity contribution in [3.63, 3.8) is 0 Å². The Labute approximate surface area is 114 Å². The van der Waals surface area contributed by atoms with Crippen LogP contribution in [0, 0.1) is 0 Å². The Morgan fingerprint density at radius 3 is 2.22 bits per heavy atom. The number of piperazine rings is 1. The van der Waals surface area contributed by atoms with Crippen molar-refractivity contribution in [2.75, 3.05) is 33.2 Å². The fourth-order valence-electron chi connectivity index (χ4n) is 2.23. The van der Waals surface area contributed by atoms with Gasteiger partial charge >= 0.3 is 5.97 Å². The average molecular weight is 271 g/mol. The van der Waals surface area contributed by atoms with Crippen LogP contribution in [-0.2, 0) is 4.79 Å². The van der Waals surface area contributed by atoms with Crippen LogP contribution in [0.15, 0.2) is 30.3 Å². The Morgan fingerprint density at radius 1 is 1.17 bits per heavy atom. The summed E-state index contributed by atoms with van der Waals surface area (Å²) >= 11 is 0. The lowest BCUT2D eigenvalue weighted by atomic mass is 10.0. The van der Waals surface area contributed by atoms with E-state index in [1.165, 1.54) is 0 Å². The predicted molar refractivity (Wildman–Crippen MR) is 73.1 cm³/mol. The lowest BCUT2D eigenvalue weighted by Crippen LogP contribution is -2.47. The summed E-state index contributed by atoms with van der Waals surface area (Å²) in [4.78, 5) is 15.7. The van der Waals surface area contributed by atoms with Gasteiger partial charge in [0.15, 0.2) is 0 Å². The van der Waals surface area contributed by atoms with Crippen molar-refractivity contribution in [2.24, 2.45) is 0 Å². The third-order valence-electron chi connectivity index (χ3n) is 3.25. The molecule has 0 aliphatic carbocycles. The molecule has 0 radical (unpaired) electrons. The molecule has 1 N–H and O–H groups in total. The van der Waals surface area contributed by atoms with Crippen molar-refractivity contribution in [2.45, 2.75) is 6.04 Å². The summed E-state index contributed by atoms with van der Waals surface area (Å²) in [5, 5.41) is 9.39. The topological polar surface area (TPSA) is 43.8 Å². The molecule has 5 heteroatoms. The number of hydrogen-bond acceptors (Lipinski definition) is 3. The Hall–Kier alpha value is -1.10. The highest BCUT2D eigenvalue weighted by molar-refractivity contribution is 5.85. The molecule has 1 atom stereocenters. The number of hydrogen-bond donors (Lipinski definition) is 1. The number of carboxylic acid groups (broad SMARTS) is 1. The van der Waals surface area contributed by atoms with Gasteiger partial charge in [-0.3, -0.25) is 9.69 Å². The lowest BCUT2D eigenvalue weighted by Gasteiger charge is -2.36. The second-order valence-electron chi connectivity index (χ2n) is 4.49.